The van der Waals surface area contributed by atoms with Crippen LogP contribution in [0.2, 0.25) is 0 Å². The molecule has 0 aliphatic rings. The van der Waals surface area contributed by atoms with Crippen molar-refractivity contribution in [3.8, 4) is 0 Å². The molecule has 0 aliphatic heterocycles. The number of rotatable bonds is 5. The fraction of sp³-hybridized carbons (Fsp3) is 0.250. The Labute approximate surface area is 127 Å². The minimum Gasteiger partial charge on any atom is -0.310 e. The van der Waals surface area contributed by atoms with Gasteiger partial charge in [-0.2, -0.15) is 0 Å². The van der Waals surface area contributed by atoms with Gasteiger partial charge in [-0.05, 0) is 29.8 Å². The van der Waals surface area contributed by atoms with Gasteiger partial charge in [0.05, 0.1) is 0 Å². The van der Waals surface area contributed by atoms with E-state index in [1.54, 1.807) is 11.8 Å². The first-order valence-electron chi connectivity index (χ1n) is 6.40. The van der Waals surface area contributed by atoms with Crippen molar-refractivity contribution >= 4 is 27.7 Å². The molecule has 0 bridgehead atoms. The van der Waals surface area contributed by atoms with Gasteiger partial charge in [0.15, 0.2) is 0 Å². The van der Waals surface area contributed by atoms with E-state index in [0.29, 0.717) is 6.04 Å². The van der Waals surface area contributed by atoms with Crippen LogP contribution in [-0.4, -0.2) is 6.04 Å². The summed E-state index contributed by atoms with van der Waals surface area (Å²) in [5.41, 5.74) is 1.30. The average Bonchev–Trinajstić information content (AvgIpc) is 2.39. The first-order valence-corrected chi connectivity index (χ1v) is 8.01. The van der Waals surface area contributed by atoms with Crippen LogP contribution in [0.1, 0.15) is 19.4 Å². The predicted octanol–water partition coefficient (Wildman–Crippen LogP) is 5.10. The van der Waals surface area contributed by atoms with Crippen molar-refractivity contribution in [1.29, 1.82) is 0 Å². The van der Waals surface area contributed by atoms with E-state index < -0.39 is 0 Å². The monoisotopic (exact) mass is 335 g/mol. The molecule has 0 fully saturated rings. The molecule has 0 aromatic heterocycles. The summed E-state index contributed by atoms with van der Waals surface area (Å²) in [7, 11) is 0. The van der Waals surface area contributed by atoms with Gasteiger partial charge in [-0.15, -0.1) is 0 Å². The lowest BCUT2D eigenvalue weighted by Gasteiger charge is -2.11. The van der Waals surface area contributed by atoms with E-state index in [-0.39, 0.29) is 0 Å². The minimum absolute atomic E-state index is 0.505. The quantitative estimate of drug-likeness (QED) is 0.815. The van der Waals surface area contributed by atoms with Crippen LogP contribution < -0.4 is 5.32 Å². The number of hydrogen-bond acceptors (Lipinski definition) is 2. The molecule has 0 radical (unpaired) electrons. The molecule has 0 aliphatic carbocycles. The van der Waals surface area contributed by atoms with Gasteiger partial charge < -0.3 is 5.32 Å². The maximum absolute atomic E-state index is 3.66. The van der Waals surface area contributed by atoms with Gasteiger partial charge in [0, 0.05) is 26.9 Å². The maximum Gasteiger partial charge on any atom is 0.0231 e. The lowest BCUT2D eigenvalue weighted by molar-refractivity contribution is 0.587. The van der Waals surface area contributed by atoms with Crippen LogP contribution in [0.4, 0.5) is 0 Å². The molecule has 0 atom stereocenters. The van der Waals surface area contributed by atoms with Gasteiger partial charge in [0.2, 0.25) is 0 Å². The molecule has 2 rings (SSSR count). The van der Waals surface area contributed by atoms with E-state index >= 15 is 0 Å². The molecule has 2 aromatic carbocycles. The van der Waals surface area contributed by atoms with Crippen LogP contribution in [0.3, 0.4) is 0 Å². The fourth-order valence-electron chi connectivity index (χ4n) is 1.67. The van der Waals surface area contributed by atoms with Crippen LogP contribution in [0.15, 0.2) is 62.8 Å². The lowest BCUT2D eigenvalue weighted by Crippen LogP contribution is -2.21. The summed E-state index contributed by atoms with van der Waals surface area (Å²) >= 11 is 5.44. The van der Waals surface area contributed by atoms with E-state index in [1.807, 2.05) is 6.07 Å². The summed E-state index contributed by atoms with van der Waals surface area (Å²) in [6.07, 6.45) is 0. The zero-order valence-corrected chi connectivity index (χ0v) is 13.6. The fourth-order valence-corrected chi connectivity index (χ4v) is 3.22. The Morgan fingerprint density at radius 1 is 1.05 bits per heavy atom. The van der Waals surface area contributed by atoms with Crippen molar-refractivity contribution in [2.75, 3.05) is 0 Å². The molecular formula is C16H18BrNS. The Hall–Kier alpha value is -0.770. The van der Waals surface area contributed by atoms with Crippen molar-refractivity contribution in [3.05, 3.63) is 58.6 Å². The summed E-state index contributed by atoms with van der Waals surface area (Å²) in [5.74, 6) is 0. The van der Waals surface area contributed by atoms with Gasteiger partial charge in [-0.1, -0.05) is 65.8 Å². The van der Waals surface area contributed by atoms with Gasteiger partial charge in [-0.25, -0.2) is 0 Å². The van der Waals surface area contributed by atoms with Gasteiger partial charge in [0.1, 0.15) is 0 Å². The van der Waals surface area contributed by atoms with Crippen LogP contribution in [0.25, 0.3) is 0 Å². The topological polar surface area (TPSA) is 12.0 Å². The molecule has 19 heavy (non-hydrogen) atoms. The smallest absolute Gasteiger partial charge is 0.0231 e. The largest absolute Gasteiger partial charge is 0.310 e. The van der Waals surface area contributed by atoms with E-state index in [9.17, 15) is 0 Å². The van der Waals surface area contributed by atoms with E-state index in [4.69, 9.17) is 0 Å². The molecule has 1 N–H and O–H groups in total. The number of nitrogens with one attached hydrogen (secondary N) is 1. The van der Waals surface area contributed by atoms with E-state index in [2.05, 4.69) is 77.6 Å². The first-order chi connectivity index (χ1) is 9.15. The molecule has 0 spiro atoms. The van der Waals surface area contributed by atoms with Crippen LogP contribution in [0, 0.1) is 0 Å². The van der Waals surface area contributed by atoms with Crippen LogP contribution in [-0.2, 0) is 6.54 Å². The molecule has 100 valence electrons. The molecule has 0 amide bonds. The normalized spacial score (nSPS) is 10.9. The van der Waals surface area contributed by atoms with E-state index in [0.717, 1.165) is 6.54 Å². The Morgan fingerprint density at radius 2 is 1.79 bits per heavy atom. The summed E-state index contributed by atoms with van der Waals surface area (Å²) in [6.45, 7) is 5.22. The first kappa shape index (κ1) is 14.6. The highest BCUT2D eigenvalue weighted by Gasteiger charge is 2.03. The highest BCUT2D eigenvalue weighted by atomic mass is 79.9. The summed E-state index contributed by atoms with van der Waals surface area (Å²) in [5, 5.41) is 3.43. The highest BCUT2D eigenvalue weighted by Crippen LogP contribution is 2.30. The minimum atomic E-state index is 0.505. The zero-order chi connectivity index (χ0) is 13.7. The third-order valence-corrected chi connectivity index (χ3v) is 4.44. The highest BCUT2D eigenvalue weighted by molar-refractivity contribution is 9.10. The molecule has 0 saturated carbocycles. The Kier molecular flexibility index (Phi) is 5.49. The van der Waals surface area contributed by atoms with Gasteiger partial charge in [-0.3, -0.25) is 0 Å². The molecule has 3 heteroatoms. The third-order valence-electron chi connectivity index (χ3n) is 2.70. The van der Waals surface area contributed by atoms with Crippen molar-refractivity contribution < 1.29 is 0 Å². The lowest BCUT2D eigenvalue weighted by atomic mass is 10.2. The van der Waals surface area contributed by atoms with Gasteiger partial charge in [0.25, 0.3) is 0 Å². The predicted molar refractivity (Wildman–Crippen MR) is 86.7 cm³/mol. The number of benzene rings is 2. The second kappa shape index (κ2) is 7.13. The molecule has 1 nitrogen and oxygen atoms in total. The number of hydrogen-bond donors (Lipinski definition) is 1. The molecule has 0 heterocycles. The summed E-state index contributed by atoms with van der Waals surface area (Å²) < 4.78 is 1.17. The van der Waals surface area contributed by atoms with Crippen molar-refractivity contribution in [2.45, 2.75) is 36.2 Å². The number of halogens is 1. The second-order valence-electron chi connectivity index (χ2n) is 4.70. The molecular weight excluding hydrogens is 318 g/mol. The van der Waals surface area contributed by atoms with Crippen molar-refractivity contribution in [3.63, 3.8) is 0 Å². The van der Waals surface area contributed by atoms with Crippen LogP contribution >= 0.6 is 27.7 Å². The molecule has 2 aromatic rings. The Bertz CT molecular complexity index is 526. The Morgan fingerprint density at radius 3 is 2.42 bits per heavy atom. The zero-order valence-electron chi connectivity index (χ0n) is 11.2. The summed E-state index contributed by atoms with van der Waals surface area (Å²) in [6, 6.07) is 17.5. The van der Waals surface area contributed by atoms with Crippen LogP contribution in [0.5, 0.6) is 0 Å². The van der Waals surface area contributed by atoms with Gasteiger partial charge >= 0.3 is 0 Å². The SMILES string of the molecule is CC(C)NCc1ccc(Sc2ccccc2)cc1Br. The third kappa shape index (κ3) is 4.68. The maximum atomic E-state index is 3.66. The second-order valence-corrected chi connectivity index (χ2v) is 6.71. The molecule has 0 saturated heterocycles. The average molecular weight is 336 g/mol. The van der Waals surface area contributed by atoms with Crippen molar-refractivity contribution in [1.82, 2.24) is 5.32 Å². The molecule has 0 unspecified atom stereocenters. The van der Waals surface area contributed by atoms with E-state index in [1.165, 1.54) is 19.8 Å². The Balaban J connectivity index is 2.06. The standard InChI is InChI=1S/C16H18BrNS/c1-12(2)18-11-13-8-9-15(10-16(13)17)19-14-6-4-3-5-7-14/h3-10,12,18H,11H2,1-2H3. The summed E-state index contributed by atoms with van der Waals surface area (Å²) in [4.78, 5) is 2.52. The van der Waals surface area contributed by atoms with Crippen molar-refractivity contribution in [2.24, 2.45) is 0 Å².